The van der Waals surface area contributed by atoms with Crippen molar-refractivity contribution in [1.29, 1.82) is 0 Å². The lowest BCUT2D eigenvalue weighted by molar-refractivity contribution is -0.385. The van der Waals surface area contributed by atoms with E-state index in [1.54, 1.807) is 43.3 Å². The molecule has 2 aromatic rings. The zero-order chi connectivity index (χ0) is 21.4. The summed E-state index contributed by atoms with van der Waals surface area (Å²) in [5.74, 6) is -0.650. The fourth-order valence-corrected chi connectivity index (χ4v) is 3.13. The molecule has 154 valence electrons. The summed E-state index contributed by atoms with van der Waals surface area (Å²) in [6, 6.07) is 12.4. The molecule has 2 aromatic carbocycles. The molecule has 0 aliphatic heterocycles. The normalized spacial score (nSPS) is 11.6. The zero-order valence-electron chi connectivity index (χ0n) is 16.4. The lowest BCUT2D eigenvalue weighted by Gasteiger charge is -2.29. The van der Waals surface area contributed by atoms with E-state index in [-0.39, 0.29) is 30.5 Å². The van der Waals surface area contributed by atoms with Gasteiger partial charge < -0.3 is 10.2 Å². The standard InChI is InChI=1S/C21H24ClN3O4/c1-3-11-23-21(27)15(2)24(14-16-7-6-9-18(22)12-16)20(26)13-17-8-4-5-10-19(17)25(28)29/h4-10,12,15H,3,11,13-14H2,1-2H3,(H,23,27)/t15-/m1/s1. The fourth-order valence-electron chi connectivity index (χ4n) is 2.91. The van der Waals surface area contributed by atoms with Gasteiger partial charge in [-0.3, -0.25) is 19.7 Å². The Morgan fingerprint density at radius 2 is 1.93 bits per heavy atom. The van der Waals surface area contributed by atoms with Crippen LogP contribution >= 0.6 is 11.6 Å². The van der Waals surface area contributed by atoms with Crippen LogP contribution in [0.5, 0.6) is 0 Å². The molecule has 1 atom stereocenters. The molecular weight excluding hydrogens is 394 g/mol. The largest absolute Gasteiger partial charge is 0.354 e. The highest BCUT2D eigenvalue weighted by molar-refractivity contribution is 6.30. The van der Waals surface area contributed by atoms with Crippen LogP contribution in [0.15, 0.2) is 48.5 Å². The molecule has 0 fully saturated rings. The van der Waals surface area contributed by atoms with E-state index in [1.807, 2.05) is 13.0 Å². The van der Waals surface area contributed by atoms with Gasteiger partial charge in [-0.05, 0) is 31.0 Å². The molecule has 0 saturated heterocycles. The smallest absolute Gasteiger partial charge is 0.273 e. The molecule has 29 heavy (non-hydrogen) atoms. The van der Waals surface area contributed by atoms with Gasteiger partial charge in [-0.1, -0.05) is 48.9 Å². The van der Waals surface area contributed by atoms with E-state index in [0.717, 1.165) is 12.0 Å². The average Bonchev–Trinajstić information content (AvgIpc) is 2.69. The molecule has 2 rings (SSSR count). The Morgan fingerprint density at radius 3 is 2.59 bits per heavy atom. The maximum absolute atomic E-state index is 13.1. The molecule has 0 aliphatic rings. The van der Waals surface area contributed by atoms with Crippen molar-refractivity contribution in [3.8, 4) is 0 Å². The molecule has 0 saturated carbocycles. The topological polar surface area (TPSA) is 92.6 Å². The van der Waals surface area contributed by atoms with Gasteiger partial charge in [0.1, 0.15) is 6.04 Å². The number of amides is 2. The molecule has 0 spiro atoms. The van der Waals surface area contributed by atoms with Crippen molar-refractivity contribution >= 4 is 29.1 Å². The second-order valence-electron chi connectivity index (χ2n) is 6.68. The predicted octanol–water partition coefficient (Wildman–Crippen LogP) is 3.73. The lowest BCUT2D eigenvalue weighted by atomic mass is 10.1. The van der Waals surface area contributed by atoms with Crippen LogP contribution in [0.25, 0.3) is 0 Å². The Hall–Kier alpha value is -2.93. The third kappa shape index (κ3) is 6.29. The first-order chi connectivity index (χ1) is 13.8. The van der Waals surface area contributed by atoms with Crippen LogP contribution < -0.4 is 5.32 Å². The van der Waals surface area contributed by atoms with Gasteiger partial charge in [-0.2, -0.15) is 0 Å². The van der Waals surface area contributed by atoms with Crippen LogP contribution in [-0.4, -0.2) is 34.2 Å². The molecule has 0 radical (unpaired) electrons. The Labute approximate surface area is 174 Å². The molecule has 0 heterocycles. The number of benzene rings is 2. The SMILES string of the molecule is CCCNC(=O)[C@@H](C)N(Cc1cccc(Cl)c1)C(=O)Cc1ccccc1[N+](=O)[O-]. The van der Waals surface area contributed by atoms with Gasteiger partial charge in [0, 0.05) is 29.7 Å². The quantitative estimate of drug-likeness (QED) is 0.497. The van der Waals surface area contributed by atoms with Crippen LogP contribution in [0.3, 0.4) is 0 Å². The maximum Gasteiger partial charge on any atom is 0.273 e. The van der Waals surface area contributed by atoms with Crippen molar-refractivity contribution in [3.63, 3.8) is 0 Å². The number of para-hydroxylation sites is 1. The van der Waals surface area contributed by atoms with Crippen molar-refractivity contribution in [2.45, 2.75) is 39.3 Å². The number of carbonyl (C=O) groups excluding carboxylic acids is 2. The van der Waals surface area contributed by atoms with Crippen LogP contribution in [0.1, 0.15) is 31.4 Å². The Balaban J connectivity index is 2.29. The second-order valence-corrected chi connectivity index (χ2v) is 7.12. The summed E-state index contributed by atoms with van der Waals surface area (Å²) in [6.07, 6.45) is 0.597. The summed E-state index contributed by atoms with van der Waals surface area (Å²) < 4.78 is 0. The molecule has 7 nitrogen and oxygen atoms in total. The highest BCUT2D eigenvalue weighted by Crippen LogP contribution is 2.21. The van der Waals surface area contributed by atoms with E-state index in [0.29, 0.717) is 17.1 Å². The minimum absolute atomic E-state index is 0.119. The number of nitro groups is 1. The molecule has 0 aliphatic carbocycles. The van der Waals surface area contributed by atoms with Gasteiger partial charge in [-0.25, -0.2) is 0 Å². The summed E-state index contributed by atoms with van der Waals surface area (Å²) in [6.45, 7) is 4.26. The first-order valence-corrected chi connectivity index (χ1v) is 9.75. The summed E-state index contributed by atoms with van der Waals surface area (Å²) in [7, 11) is 0. The number of nitrogens with one attached hydrogen (secondary N) is 1. The molecule has 2 amide bonds. The Morgan fingerprint density at radius 1 is 1.21 bits per heavy atom. The third-order valence-corrected chi connectivity index (χ3v) is 4.72. The monoisotopic (exact) mass is 417 g/mol. The van der Waals surface area contributed by atoms with E-state index in [1.165, 1.54) is 11.0 Å². The highest BCUT2D eigenvalue weighted by atomic mass is 35.5. The lowest BCUT2D eigenvalue weighted by Crippen LogP contribution is -2.48. The maximum atomic E-state index is 13.1. The molecule has 0 bridgehead atoms. The number of hydrogen-bond donors (Lipinski definition) is 1. The number of nitro benzene ring substituents is 1. The summed E-state index contributed by atoms with van der Waals surface area (Å²) in [4.78, 5) is 37.8. The fraction of sp³-hybridized carbons (Fsp3) is 0.333. The van der Waals surface area contributed by atoms with Crippen molar-refractivity contribution in [1.82, 2.24) is 10.2 Å². The van der Waals surface area contributed by atoms with Gasteiger partial charge in [-0.15, -0.1) is 0 Å². The minimum Gasteiger partial charge on any atom is -0.354 e. The molecule has 8 heteroatoms. The van der Waals surface area contributed by atoms with E-state index in [2.05, 4.69) is 5.32 Å². The number of nitrogens with zero attached hydrogens (tertiary/aromatic N) is 2. The first kappa shape index (κ1) is 22.4. The van der Waals surface area contributed by atoms with Crippen molar-refractivity contribution in [3.05, 3.63) is 74.8 Å². The van der Waals surface area contributed by atoms with Crippen molar-refractivity contribution in [2.24, 2.45) is 0 Å². The van der Waals surface area contributed by atoms with Crippen LogP contribution in [0.2, 0.25) is 5.02 Å². The zero-order valence-corrected chi connectivity index (χ0v) is 17.2. The van der Waals surface area contributed by atoms with Crippen LogP contribution in [-0.2, 0) is 22.6 Å². The summed E-state index contributed by atoms with van der Waals surface area (Å²) in [5, 5.41) is 14.6. The van der Waals surface area contributed by atoms with Crippen LogP contribution in [0.4, 0.5) is 5.69 Å². The number of rotatable bonds is 9. The van der Waals surface area contributed by atoms with Crippen LogP contribution in [0, 0.1) is 10.1 Å². The van der Waals surface area contributed by atoms with Crippen molar-refractivity contribution in [2.75, 3.05) is 6.54 Å². The molecule has 0 aromatic heterocycles. The minimum atomic E-state index is -0.740. The second kappa shape index (κ2) is 10.6. The average molecular weight is 418 g/mol. The van der Waals surface area contributed by atoms with E-state index >= 15 is 0 Å². The van der Waals surface area contributed by atoms with Crippen molar-refractivity contribution < 1.29 is 14.5 Å². The number of hydrogen-bond acceptors (Lipinski definition) is 4. The Kier molecular flexibility index (Phi) is 8.15. The van der Waals surface area contributed by atoms with Gasteiger partial charge >= 0.3 is 0 Å². The van der Waals surface area contributed by atoms with Gasteiger partial charge in [0.2, 0.25) is 11.8 Å². The van der Waals surface area contributed by atoms with E-state index in [4.69, 9.17) is 11.6 Å². The van der Waals surface area contributed by atoms with Gasteiger partial charge in [0.25, 0.3) is 5.69 Å². The third-order valence-electron chi connectivity index (χ3n) is 4.49. The first-order valence-electron chi connectivity index (χ1n) is 9.37. The number of carbonyl (C=O) groups is 2. The predicted molar refractivity (Wildman–Crippen MR) is 112 cm³/mol. The molecule has 1 N–H and O–H groups in total. The molecule has 0 unspecified atom stereocenters. The van der Waals surface area contributed by atoms with E-state index < -0.39 is 11.0 Å². The molecular formula is C21H24ClN3O4. The van der Waals surface area contributed by atoms with E-state index in [9.17, 15) is 19.7 Å². The van der Waals surface area contributed by atoms with Gasteiger partial charge in [0.15, 0.2) is 0 Å². The highest BCUT2D eigenvalue weighted by Gasteiger charge is 2.27. The van der Waals surface area contributed by atoms with Gasteiger partial charge in [0.05, 0.1) is 11.3 Å². The summed E-state index contributed by atoms with van der Waals surface area (Å²) in [5.41, 5.74) is 0.954. The Bertz CT molecular complexity index is 888. The number of halogens is 1. The summed E-state index contributed by atoms with van der Waals surface area (Å²) >= 11 is 6.05.